The van der Waals surface area contributed by atoms with E-state index in [4.69, 9.17) is 4.74 Å². The van der Waals surface area contributed by atoms with E-state index in [1.54, 1.807) is 6.07 Å². The van der Waals surface area contributed by atoms with Crippen LogP contribution < -0.4 is 10.1 Å². The van der Waals surface area contributed by atoms with Gasteiger partial charge < -0.3 is 10.1 Å². The van der Waals surface area contributed by atoms with Crippen molar-refractivity contribution in [3.05, 3.63) is 56.1 Å². The minimum absolute atomic E-state index is 0.00406. The lowest BCUT2D eigenvalue weighted by Gasteiger charge is -2.10. The molecule has 2 rings (SSSR count). The Labute approximate surface area is 130 Å². The molecule has 0 aliphatic rings. The molecule has 0 spiro atoms. The monoisotopic (exact) mass is 384 g/mol. The van der Waals surface area contributed by atoms with Gasteiger partial charge in [-0.2, -0.15) is 0 Å². The number of ether oxygens (including phenoxy) is 1. The highest BCUT2D eigenvalue weighted by atomic mass is 127. The second-order valence-electron chi connectivity index (χ2n) is 4.04. The van der Waals surface area contributed by atoms with Crippen molar-refractivity contribution in [2.45, 2.75) is 6.92 Å². The van der Waals surface area contributed by atoms with E-state index >= 15 is 0 Å². The average Bonchev–Trinajstić information content (AvgIpc) is 2.41. The number of nitro groups is 1. The summed E-state index contributed by atoms with van der Waals surface area (Å²) in [6, 6.07) is 12.2. The standard InChI is InChI=1S/C14H13IN2O3/c1-2-16-10-7-11(17(18)19)9-12(8-10)20-14-6-4-3-5-13(14)15/h3-9,16H,2H2,1H3. The highest BCUT2D eigenvalue weighted by molar-refractivity contribution is 14.1. The molecule has 0 amide bonds. The predicted octanol–water partition coefficient (Wildman–Crippen LogP) is 4.42. The van der Waals surface area contributed by atoms with E-state index in [1.165, 1.54) is 12.1 Å². The summed E-state index contributed by atoms with van der Waals surface area (Å²) in [6.07, 6.45) is 0. The molecule has 0 aliphatic carbocycles. The van der Waals surface area contributed by atoms with Gasteiger partial charge in [0.15, 0.2) is 0 Å². The summed E-state index contributed by atoms with van der Waals surface area (Å²) < 4.78 is 6.68. The summed E-state index contributed by atoms with van der Waals surface area (Å²) in [5, 5.41) is 14.0. The van der Waals surface area contributed by atoms with Crippen molar-refractivity contribution in [1.29, 1.82) is 0 Å². The van der Waals surface area contributed by atoms with Crippen LogP contribution in [0.3, 0.4) is 0 Å². The molecule has 0 radical (unpaired) electrons. The number of non-ortho nitro benzene ring substituents is 1. The minimum atomic E-state index is -0.427. The second kappa shape index (κ2) is 6.56. The molecular weight excluding hydrogens is 371 g/mol. The highest BCUT2D eigenvalue weighted by Gasteiger charge is 2.11. The molecule has 0 heterocycles. The molecule has 1 N–H and O–H groups in total. The Morgan fingerprint density at radius 3 is 2.70 bits per heavy atom. The first-order valence-electron chi connectivity index (χ1n) is 6.06. The third kappa shape index (κ3) is 3.60. The molecule has 0 saturated heterocycles. The number of nitro benzene ring substituents is 1. The Bertz CT molecular complexity index is 632. The third-order valence-corrected chi connectivity index (χ3v) is 3.44. The van der Waals surface area contributed by atoms with Crippen LogP contribution in [0.25, 0.3) is 0 Å². The fourth-order valence-corrected chi connectivity index (χ4v) is 2.21. The molecule has 0 fully saturated rings. The summed E-state index contributed by atoms with van der Waals surface area (Å²) >= 11 is 2.16. The van der Waals surface area contributed by atoms with Gasteiger partial charge in [-0.25, -0.2) is 0 Å². The Morgan fingerprint density at radius 2 is 2.05 bits per heavy atom. The number of halogens is 1. The maximum Gasteiger partial charge on any atom is 0.275 e. The van der Waals surface area contributed by atoms with Gasteiger partial charge in [0.1, 0.15) is 11.5 Å². The van der Waals surface area contributed by atoms with E-state index < -0.39 is 4.92 Å². The molecule has 0 aliphatic heterocycles. The normalized spacial score (nSPS) is 10.1. The number of hydrogen-bond donors (Lipinski definition) is 1. The smallest absolute Gasteiger partial charge is 0.275 e. The quantitative estimate of drug-likeness (QED) is 0.471. The van der Waals surface area contributed by atoms with E-state index in [9.17, 15) is 10.1 Å². The van der Waals surface area contributed by atoms with Crippen LogP contribution in [-0.2, 0) is 0 Å². The Morgan fingerprint density at radius 1 is 1.30 bits per heavy atom. The van der Waals surface area contributed by atoms with Gasteiger partial charge in [0.2, 0.25) is 0 Å². The molecule has 0 aromatic heterocycles. The minimum Gasteiger partial charge on any atom is -0.456 e. The van der Waals surface area contributed by atoms with Crippen molar-refractivity contribution in [3.63, 3.8) is 0 Å². The number of anilines is 1. The summed E-state index contributed by atoms with van der Waals surface area (Å²) in [6.45, 7) is 2.61. The number of nitrogens with zero attached hydrogens (tertiary/aromatic N) is 1. The zero-order valence-electron chi connectivity index (χ0n) is 10.8. The van der Waals surface area contributed by atoms with E-state index in [1.807, 2.05) is 31.2 Å². The Kier molecular flexibility index (Phi) is 4.78. The molecule has 0 saturated carbocycles. The van der Waals surface area contributed by atoms with Crippen LogP contribution >= 0.6 is 22.6 Å². The van der Waals surface area contributed by atoms with E-state index in [-0.39, 0.29) is 5.69 Å². The van der Waals surface area contributed by atoms with Crippen LogP contribution in [0.15, 0.2) is 42.5 Å². The molecule has 2 aromatic rings. The Balaban J connectivity index is 2.35. The maximum absolute atomic E-state index is 10.9. The first-order valence-corrected chi connectivity index (χ1v) is 7.13. The summed E-state index contributed by atoms with van der Waals surface area (Å²) in [7, 11) is 0. The van der Waals surface area contributed by atoms with Crippen LogP contribution in [0.2, 0.25) is 0 Å². The van der Waals surface area contributed by atoms with Crippen molar-refractivity contribution >= 4 is 34.0 Å². The summed E-state index contributed by atoms with van der Waals surface area (Å²) in [5.74, 6) is 1.12. The zero-order valence-corrected chi connectivity index (χ0v) is 13.0. The van der Waals surface area contributed by atoms with Crippen molar-refractivity contribution in [2.24, 2.45) is 0 Å². The van der Waals surface area contributed by atoms with Gasteiger partial charge in [-0.1, -0.05) is 12.1 Å². The molecule has 0 atom stereocenters. The summed E-state index contributed by atoms with van der Waals surface area (Å²) in [4.78, 5) is 10.5. The van der Waals surface area contributed by atoms with Gasteiger partial charge in [-0.05, 0) is 41.6 Å². The van der Waals surface area contributed by atoms with Crippen molar-refractivity contribution in [3.8, 4) is 11.5 Å². The lowest BCUT2D eigenvalue weighted by atomic mass is 10.2. The third-order valence-electron chi connectivity index (χ3n) is 2.55. The number of para-hydroxylation sites is 1. The fourth-order valence-electron chi connectivity index (χ4n) is 1.71. The van der Waals surface area contributed by atoms with Crippen molar-refractivity contribution < 1.29 is 9.66 Å². The van der Waals surface area contributed by atoms with Crippen LogP contribution in [0.5, 0.6) is 11.5 Å². The maximum atomic E-state index is 10.9. The van der Waals surface area contributed by atoms with E-state index in [0.29, 0.717) is 23.7 Å². The number of hydrogen-bond acceptors (Lipinski definition) is 4. The summed E-state index contributed by atoms with van der Waals surface area (Å²) in [5.41, 5.74) is 0.673. The Hall–Kier alpha value is -1.83. The molecule has 0 bridgehead atoms. The molecule has 2 aromatic carbocycles. The van der Waals surface area contributed by atoms with E-state index in [0.717, 1.165) is 3.57 Å². The predicted molar refractivity (Wildman–Crippen MR) is 86.5 cm³/mol. The molecule has 6 heteroatoms. The van der Waals surface area contributed by atoms with Crippen LogP contribution in [-0.4, -0.2) is 11.5 Å². The van der Waals surface area contributed by atoms with Crippen molar-refractivity contribution in [1.82, 2.24) is 0 Å². The second-order valence-corrected chi connectivity index (χ2v) is 5.20. The topological polar surface area (TPSA) is 64.4 Å². The van der Waals surface area contributed by atoms with Gasteiger partial charge in [0.25, 0.3) is 5.69 Å². The average molecular weight is 384 g/mol. The lowest BCUT2D eigenvalue weighted by Crippen LogP contribution is -1.99. The van der Waals surface area contributed by atoms with Gasteiger partial charge in [-0.15, -0.1) is 0 Å². The molecule has 20 heavy (non-hydrogen) atoms. The van der Waals surface area contributed by atoms with Gasteiger partial charge in [0.05, 0.1) is 14.6 Å². The molecule has 5 nitrogen and oxygen atoms in total. The number of rotatable bonds is 5. The number of nitrogens with one attached hydrogen (secondary N) is 1. The first-order chi connectivity index (χ1) is 9.60. The lowest BCUT2D eigenvalue weighted by molar-refractivity contribution is -0.384. The van der Waals surface area contributed by atoms with Gasteiger partial charge in [-0.3, -0.25) is 10.1 Å². The first kappa shape index (κ1) is 14.6. The SMILES string of the molecule is CCNc1cc(Oc2ccccc2I)cc([N+](=O)[O-])c1. The van der Waals surface area contributed by atoms with Crippen molar-refractivity contribution in [2.75, 3.05) is 11.9 Å². The van der Waals surface area contributed by atoms with Crippen LogP contribution in [0, 0.1) is 13.7 Å². The van der Waals surface area contributed by atoms with E-state index in [2.05, 4.69) is 27.9 Å². The fraction of sp³-hybridized carbons (Fsp3) is 0.143. The van der Waals surface area contributed by atoms with Gasteiger partial charge >= 0.3 is 0 Å². The highest BCUT2D eigenvalue weighted by Crippen LogP contribution is 2.31. The molecule has 104 valence electrons. The van der Waals surface area contributed by atoms with Crippen LogP contribution in [0.4, 0.5) is 11.4 Å². The largest absolute Gasteiger partial charge is 0.456 e. The van der Waals surface area contributed by atoms with Crippen LogP contribution in [0.1, 0.15) is 6.92 Å². The van der Waals surface area contributed by atoms with Gasteiger partial charge in [0, 0.05) is 24.4 Å². The number of benzene rings is 2. The molecule has 0 unspecified atom stereocenters. The zero-order chi connectivity index (χ0) is 14.5. The molecular formula is C14H13IN2O3.